The Morgan fingerprint density at radius 2 is 1.94 bits per heavy atom. The highest BCUT2D eigenvalue weighted by Crippen LogP contribution is 2.07. The van der Waals surface area contributed by atoms with Crippen molar-refractivity contribution in [1.29, 1.82) is 0 Å². The van der Waals surface area contributed by atoms with Gasteiger partial charge in [0.05, 0.1) is 0 Å². The van der Waals surface area contributed by atoms with E-state index in [0.717, 1.165) is 13.1 Å². The number of amides is 1. The fourth-order valence-corrected chi connectivity index (χ4v) is 2.18. The number of rotatable bonds is 6. The summed E-state index contributed by atoms with van der Waals surface area (Å²) in [7, 11) is 1.87. The molecule has 1 heterocycles. The monoisotopic (exact) mass is 227 g/mol. The lowest BCUT2D eigenvalue weighted by Gasteiger charge is -2.22. The molecule has 0 aromatic heterocycles. The van der Waals surface area contributed by atoms with Gasteiger partial charge in [0.15, 0.2) is 0 Å². The first-order valence-corrected chi connectivity index (χ1v) is 6.30. The lowest BCUT2D eigenvalue weighted by molar-refractivity contribution is -0.125. The van der Waals surface area contributed by atoms with E-state index in [1.807, 2.05) is 14.0 Å². The van der Waals surface area contributed by atoms with Crippen molar-refractivity contribution in [2.75, 3.05) is 33.2 Å². The summed E-state index contributed by atoms with van der Waals surface area (Å²) >= 11 is 0. The molecule has 1 fully saturated rings. The smallest absolute Gasteiger partial charge is 0.224 e. The minimum atomic E-state index is 0.0472. The molecule has 1 rings (SSSR count). The van der Waals surface area contributed by atoms with Crippen LogP contribution in [-0.4, -0.2) is 50.1 Å². The molecule has 1 amide bonds. The molecule has 0 radical (unpaired) electrons. The number of hydrogen-bond acceptors (Lipinski definition) is 3. The summed E-state index contributed by atoms with van der Waals surface area (Å²) in [5.41, 5.74) is 0. The molecule has 1 aliphatic rings. The van der Waals surface area contributed by atoms with Gasteiger partial charge < -0.3 is 15.5 Å². The normalized spacial score (nSPS) is 20.7. The average molecular weight is 227 g/mol. The summed E-state index contributed by atoms with van der Waals surface area (Å²) in [5, 5.41) is 6.09. The van der Waals surface area contributed by atoms with Crippen LogP contribution < -0.4 is 10.6 Å². The van der Waals surface area contributed by atoms with Crippen molar-refractivity contribution in [3.8, 4) is 0 Å². The third-order valence-corrected chi connectivity index (χ3v) is 3.08. The van der Waals surface area contributed by atoms with Crippen LogP contribution >= 0.6 is 0 Å². The Labute approximate surface area is 98.8 Å². The van der Waals surface area contributed by atoms with Crippen LogP contribution in [0, 0.1) is 5.92 Å². The summed E-state index contributed by atoms with van der Waals surface area (Å²) in [5.74, 6) is 0.201. The van der Waals surface area contributed by atoms with Crippen LogP contribution in [0.25, 0.3) is 0 Å². The highest BCUT2D eigenvalue weighted by molar-refractivity contribution is 5.78. The van der Waals surface area contributed by atoms with Gasteiger partial charge in [-0.2, -0.15) is 0 Å². The molecule has 4 nitrogen and oxygen atoms in total. The van der Waals surface area contributed by atoms with Crippen LogP contribution in [0.3, 0.4) is 0 Å². The maximum absolute atomic E-state index is 11.7. The van der Waals surface area contributed by atoms with Gasteiger partial charge in [-0.1, -0.05) is 6.92 Å². The molecule has 4 heteroatoms. The Balaban J connectivity index is 2.21. The first kappa shape index (κ1) is 13.5. The summed E-state index contributed by atoms with van der Waals surface area (Å²) in [6, 6.07) is 0.255. The zero-order valence-electron chi connectivity index (χ0n) is 10.8. The molecule has 1 aliphatic heterocycles. The molecule has 0 aromatic carbocycles. The summed E-state index contributed by atoms with van der Waals surface area (Å²) < 4.78 is 0. The number of carbonyl (C=O) groups excluding carboxylic acids is 1. The van der Waals surface area contributed by atoms with Gasteiger partial charge in [0.25, 0.3) is 0 Å². The number of likely N-dealkylation sites (tertiary alicyclic amines) is 1. The van der Waals surface area contributed by atoms with E-state index >= 15 is 0 Å². The molecule has 0 bridgehead atoms. The molecule has 0 saturated carbocycles. The highest BCUT2D eigenvalue weighted by Gasteiger charge is 2.18. The summed E-state index contributed by atoms with van der Waals surface area (Å²) in [6.07, 6.45) is 2.60. The van der Waals surface area contributed by atoms with Crippen molar-refractivity contribution in [3.05, 3.63) is 0 Å². The maximum atomic E-state index is 11.7. The molecular formula is C12H25N3O. The Hall–Kier alpha value is -0.610. The average Bonchev–Trinajstić information content (AvgIpc) is 2.70. The van der Waals surface area contributed by atoms with Crippen LogP contribution in [-0.2, 0) is 4.79 Å². The second-order valence-electron chi connectivity index (χ2n) is 4.88. The van der Waals surface area contributed by atoms with E-state index in [0.29, 0.717) is 0 Å². The lowest BCUT2D eigenvalue weighted by Crippen LogP contribution is -2.44. The van der Waals surface area contributed by atoms with E-state index in [9.17, 15) is 4.79 Å². The van der Waals surface area contributed by atoms with Crippen LogP contribution in [0.4, 0.5) is 0 Å². The van der Waals surface area contributed by atoms with Crippen molar-refractivity contribution in [2.45, 2.75) is 32.7 Å². The number of carbonyl (C=O) groups is 1. The maximum Gasteiger partial charge on any atom is 0.224 e. The van der Waals surface area contributed by atoms with Crippen molar-refractivity contribution in [3.63, 3.8) is 0 Å². The van der Waals surface area contributed by atoms with Gasteiger partial charge in [-0.25, -0.2) is 0 Å². The van der Waals surface area contributed by atoms with Gasteiger partial charge >= 0.3 is 0 Å². The molecule has 1 saturated heterocycles. The topological polar surface area (TPSA) is 44.4 Å². The SMILES string of the molecule is CNCC(C)C(=O)NC(C)CN1CCCC1. The molecule has 16 heavy (non-hydrogen) atoms. The van der Waals surface area contributed by atoms with Crippen LogP contribution in [0.1, 0.15) is 26.7 Å². The molecule has 2 atom stereocenters. The molecule has 2 N–H and O–H groups in total. The standard InChI is InChI=1S/C12H25N3O/c1-10(8-13-3)12(16)14-11(2)9-15-6-4-5-7-15/h10-11,13H,4-9H2,1-3H3,(H,14,16). The largest absolute Gasteiger partial charge is 0.352 e. The fourth-order valence-electron chi connectivity index (χ4n) is 2.18. The second kappa shape index (κ2) is 6.86. The number of nitrogens with zero attached hydrogens (tertiary/aromatic N) is 1. The molecule has 2 unspecified atom stereocenters. The molecule has 0 spiro atoms. The molecule has 0 aliphatic carbocycles. The zero-order valence-corrected chi connectivity index (χ0v) is 10.8. The predicted molar refractivity (Wildman–Crippen MR) is 66.4 cm³/mol. The third-order valence-electron chi connectivity index (χ3n) is 3.08. The Morgan fingerprint density at radius 1 is 1.31 bits per heavy atom. The van der Waals surface area contributed by atoms with Crippen LogP contribution in [0.2, 0.25) is 0 Å². The van der Waals surface area contributed by atoms with Crippen molar-refractivity contribution in [1.82, 2.24) is 15.5 Å². The first-order chi connectivity index (χ1) is 7.63. The fraction of sp³-hybridized carbons (Fsp3) is 0.917. The van der Waals surface area contributed by atoms with Gasteiger partial charge in [-0.05, 0) is 39.9 Å². The van der Waals surface area contributed by atoms with E-state index in [2.05, 4.69) is 22.5 Å². The van der Waals surface area contributed by atoms with Gasteiger partial charge in [0.2, 0.25) is 5.91 Å². The van der Waals surface area contributed by atoms with Crippen LogP contribution in [0.5, 0.6) is 0 Å². The van der Waals surface area contributed by atoms with Crippen molar-refractivity contribution in [2.24, 2.45) is 5.92 Å². The summed E-state index contributed by atoms with van der Waals surface area (Å²) in [6.45, 7) is 8.13. The highest BCUT2D eigenvalue weighted by atomic mass is 16.1. The minimum absolute atomic E-state index is 0.0472. The summed E-state index contributed by atoms with van der Waals surface area (Å²) in [4.78, 5) is 14.2. The Kier molecular flexibility index (Phi) is 5.77. The predicted octanol–water partition coefficient (Wildman–Crippen LogP) is 0.442. The van der Waals surface area contributed by atoms with E-state index < -0.39 is 0 Å². The van der Waals surface area contributed by atoms with Crippen molar-refractivity contribution < 1.29 is 4.79 Å². The van der Waals surface area contributed by atoms with E-state index in [1.165, 1.54) is 25.9 Å². The zero-order chi connectivity index (χ0) is 12.0. The van der Waals surface area contributed by atoms with Gasteiger partial charge in [0, 0.05) is 25.0 Å². The quantitative estimate of drug-likeness (QED) is 0.692. The first-order valence-electron chi connectivity index (χ1n) is 6.30. The van der Waals surface area contributed by atoms with Crippen molar-refractivity contribution >= 4 is 5.91 Å². The Bertz CT molecular complexity index is 214. The van der Waals surface area contributed by atoms with Gasteiger partial charge in [0.1, 0.15) is 0 Å². The van der Waals surface area contributed by atoms with E-state index in [-0.39, 0.29) is 17.9 Å². The molecule has 94 valence electrons. The van der Waals surface area contributed by atoms with Crippen LogP contribution in [0.15, 0.2) is 0 Å². The second-order valence-corrected chi connectivity index (χ2v) is 4.88. The minimum Gasteiger partial charge on any atom is -0.352 e. The molecule has 0 aromatic rings. The number of nitrogens with one attached hydrogen (secondary N) is 2. The Morgan fingerprint density at radius 3 is 2.50 bits per heavy atom. The van der Waals surface area contributed by atoms with Gasteiger partial charge in [-0.15, -0.1) is 0 Å². The lowest BCUT2D eigenvalue weighted by atomic mass is 10.1. The van der Waals surface area contributed by atoms with E-state index in [1.54, 1.807) is 0 Å². The third kappa shape index (κ3) is 4.49. The molecular weight excluding hydrogens is 202 g/mol. The number of hydrogen-bond donors (Lipinski definition) is 2. The van der Waals surface area contributed by atoms with Gasteiger partial charge in [-0.3, -0.25) is 4.79 Å². The van der Waals surface area contributed by atoms with E-state index in [4.69, 9.17) is 0 Å².